The quantitative estimate of drug-likeness (QED) is 0.622. The number of ether oxygens (including phenoxy) is 1. The van der Waals surface area contributed by atoms with Crippen molar-refractivity contribution in [1.29, 1.82) is 0 Å². The third-order valence-corrected chi connectivity index (χ3v) is 6.19. The molecule has 1 aromatic rings. The first-order chi connectivity index (χ1) is 12.3. The Morgan fingerprint density at radius 1 is 1.40 bits per heavy atom. The minimum Gasteiger partial charge on any atom is -0.379 e. The number of guanidine groups is 1. The molecule has 0 radical (unpaired) electrons. The van der Waals surface area contributed by atoms with Gasteiger partial charge in [-0.3, -0.25) is 9.89 Å². The average molecular weight is 365 g/mol. The van der Waals surface area contributed by atoms with Gasteiger partial charge in [-0.15, -0.1) is 11.3 Å². The lowest BCUT2D eigenvalue weighted by atomic mass is 10.1. The van der Waals surface area contributed by atoms with E-state index >= 15 is 0 Å². The van der Waals surface area contributed by atoms with Crippen LogP contribution in [0, 0.1) is 5.92 Å². The van der Waals surface area contributed by atoms with Crippen LogP contribution in [0.25, 0.3) is 0 Å². The van der Waals surface area contributed by atoms with Crippen molar-refractivity contribution in [2.75, 3.05) is 59.0 Å². The van der Waals surface area contributed by atoms with Crippen LogP contribution in [-0.4, -0.2) is 74.8 Å². The van der Waals surface area contributed by atoms with Crippen LogP contribution in [0.5, 0.6) is 0 Å². The predicted molar refractivity (Wildman–Crippen MR) is 106 cm³/mol. The highest BCUT2D eigenvalue weighted by Gasteiger charge is 2.27. The van der Waals surface area contributed by atoms with Gasteiger partial charge in [0.05, 0.1) is 19.8 Å². The summed E-state index contributed by atoms with van der Waals surface area (Å²) in [6.07, 6.45) is 1.27. The summed E-state index contributed by atoms with van der Waals surface area (Å²) in [6.45, 7) is 13.6. The molecule has 1 N–H and O–H groups in total. The van der Waals surface area contributed by atoms with Gasteiger partial charge in [0.1, 0.15) is 0 Å². The van der Waals surface area contributed by atoms with Crippen LogP contribution in [-0.2, 0) is 4.74 Å². The summed E-state index contributed by atoms with van der Waals surface area (Å²) in [4.78, 5) is 11.4. The number of nitrogens with zero attached hydrogens (tertiary/aromatic N) is 3. The van der Waals surface area contributed by atoms with Crippen molar-refractivity contribution in [3.63, 3.8) is 0 Å². The maximum Gasteiger partial charge on any atom is 0.193 e. The third-order valence-electron chi connectivity index (χ3n) is 5.08. The monoisotopic (exact) mass is 364 g/mol. The molecule has 1 aromatic heterocycles. The summed E-state index contributed by atoms with van der Waals surface area (Å²) in [6, 6.07) is 4.34. The maximum absolute atomic E-state index is 5.46. The highest BCUT2D eigenvalue weighted by Crippen LogP contribution is 2.22. The Morgan fingerprint density at radius 3 is 2.96 bits per heavy atom. The molecule has 3 rings (SSSR count). The van der Waals surface area contributed by atoms with Gasteiger partial charge < -0.3 is 15.0 Å². The van der Waals surface area contributed by atoms with E-state index in [2.05, 4.69) is 46.5 Å². The van der Waals surface area contributed by atoms with Gasteiger partial charge in [-0.05, 0) is 30.7 Å². The SMILES string of the molecule is CCNC(=NCC(C)c1cccs1)N1CCC(CN2CCOCC2)C1. The minimum atomic E-state index is 0.486. The molecule has 2 aliphatic heterocycles. The number of hydrogen-bond donors (Lipinski definition) is 1. The van der Waals surface area contributed by atoms with E-state index in [0.29, 0.717) is 5.92 Å². The lowest BCUT2D eigenvalue weighted by Gasteiger charge is -2.29. The average Bonchev–Trinajstić information content (AvgIpc) is 3.31. The molecule has 0 saturated carbocycles. The zero-order chi connectivity index (χ0) is 17.5. The second-order valence-corrected chi connectivity index (χ2v) is 8.10. The number of morpholine rings is 1. The summed E-state index contributed by atoms with van der Waals surface area (Å²) in [5.74, 6) is 2.33. The van der Waals surface area contributed by atoms with E-state index in [4.69, 9.17) is 9.73 Å². The normalized spacial score (nSPS) is 23.8. The number of aliphatic imine (C=N–C) groups is 1. The highest BCUT2D eigenvalue weighted by atomic mass is 32.1. The van der Waals surface area contributed by atoms with Crippen molar-refractivity contribution < 1.29 is 4.74 Å². The van der Waals surface area contributed by atoms with Crippen molar-refractivity contribution in [2.24, 2.45) is 10.9 Å². The lowest BCUT2D eigenvalue weighted by molar-refractivity contribution is 0.0315. The lowest BCUT2D eigenvalue weighted by Crippen LogP contribution is -2.42. The topological polar surface area (TPSA) is 40.1 Å². The van der Waals surface area contributed by atoms with Gasteiger partial charge in [-0.25, -0.2) is 0 Å². The van der Waals surface area contributed by atoms with Gasteiger partial charge in [0, 0.05) is 50.1 Å². The van der Waals surface area contributed by atoms with E-state index in [1.54, 1.807) is 0 Å². The van der Waals surface area contributed by atoms with Gasteiger partial charge >= 0.3 is 0 Å². The molecule has 2 fully saturated rings. The summed E-state index contributed by atoms with van der Waals surface area (Å²) in [5.41, 5.74) is 0. The zero-order valence-electron chi connectivity index (χ0n) is 15.6. The predicted octanol–water partition coefficient (Wildman–Crippen LogP) is 2.47. The fourth-order valence-electron chi connectivity index (χ4n) is 3.63. The summed E-state index contributed by atoms with van der Waals surface area (Å²) in [7, 11) is 0. The van der Waals surface area contributed by atoms with Crippen LogP contribution >= 0.6 is 11.3 Å². The summed E-state index contributed by atoms with van der Waals surface area (Å²) in [5, 5.41) is 5.65. The number of rotatable bonds is 6. The highest BCUT2D eigenvalue weighted by molar-refractivity contribution is 7.10. The first-order valence-electron chi connectivity index (χ1n) is 9.63. The van der Waals surface area contributed by atoms with Crippen molar-refractivity contribution in [1.82, 2.24) is 15.1 Å². The van der Waals surface area contributed by atoms with E-state index in [1.165, 1.54) is 17.8 Å². The van der Waals surface area contributed by atoms with Crippen LogP contribution < -0.4 is 5.32 Å². The molecule has 0 spiro atoms. The molecule has 2 atom stereocenters. The van der Waals surface area contributed by atoms with E-state index < -0.39 is 0 Å². The summed E-state index contributed by atoms with van der Waals surface area (Å²) < 4.78 is 5.46. The zero-order valence-corrected chi connectivity index (χ0v) is 16.4. The number of hydrogen-bond acceptors (Lipinski definition) is 4. The molecular formula is C19H32N4OS. The first kappa shape index (κ1) is 18.7. The van der Waals surface area contributed by atoms with Crippen LogP contribution in [0.3, 0.4) is 0 Å². The molecule has 3 heterocycles. The van der Waals surface area contributed by atoms with Gasteiger partial charge in [0.25, 0.3) is 0 Å². The fourth-order valence-corrected chi connectivity index (χ4v) is 4.41. The van der Waals surface area contributed by atoms with E-state index in [-0.39, 0.29) is 0 Å². The molecule has 0 aromatic carbocycles. The van der Waals surface area contributed by atoms with E-state index in [9.17, 15) is 0 Å². The molecule has 2 unspecified atom stereocenters. The second-order valence-electron chi connectivity index (χ2n) is 7.12. The first-order valence-corrected chi connectivity index (χ1v) is 10.5. The number of thiophene rings is 1. The molecular weight excluding hydrogens is 332 g/mol. The molecule has 0 aliphatic carbocycles. The Kier molecular flexibility index (Phi) is 7.13. The van der Waals surface area contributed by atoms with Gasteiger partial charge in [-0.2, -0.15) is 0 Å². The fraction of sp³-hybridized carbons (Fsp3) is 0.737. The van der Waals surface area contributed by atoms with Gasteiger partial charge in [0.2, 0.25) is 0 Å². The molecule has 2 aliphatic rings. The van der Waals surface area contributed by atoms with Crippen LogP contribution in [0.4, 0.5) is 0 Å². The molecule has 6 heteroatoms. The number of nitrogens with one attached hydrogen (secondary N) is 1. The Hall–Kier alpha value is -1.11. The third kappa shape index (κ3) is 5.43. The van der Waals surface area contributed by atoms with E-state index in [0.717, 1.165) is 64.4 Å². The maximum atomic E-state index is 5.46. The van der Waals surface area contributed by atoms with E-state index in [1.807, 2.05) is 11.3 Å². The van der Waals surface area contributed by atoms with Crippen molar-refractivity contribution >= 4 is 17.3 Å². The van der Waals surface area contributed by atoms with Crippen molar-refractivity contribution in [3.8, 4) is 0 Å². The number of likely N-dealkylation sites (tertiary alicyclic amines) is 1. The Morgan fingerprint density at radius 2 is 2.24 bits per heavy atom. The molecule has 25 heavy (non-hydrogen) atoms. The van der Waals surface area contributed by atoms with Crippen molar-refractivity contribution in [3.05, 3.63) is 22.4 Å². The molecule has 2 saturated heterocycles. The van der Waals surface area contributed by atoms with Gasteiger partial charge in [0.15, 0.2) is 5.96 Å². The molecule has 0 amide bonds. The Bertz CT molecular complexity index is 528. The Balaban J connectivity index is 1.52. The Labute approximate surface area is 156 Å². The largest absolute Gasteiger partial charge is 0.379 e. The van der Waals surface area contributed by atoms with Crippen LogP contribution in [0.2, 0.25) is 0 Å². The van der Waals surface area contributed by atoms with Crippen LogP contribution in [0.15, 0.2) is 22.5 Å². The molecule has 0 bridgehead atoms. The summed E-state index contributed by atoms with van der Waals surface area (Å²) >= 11 is 1.83. The smallest absolute Gasteiger partial charge is 0.193 e. The van der Waals surface area contributed by atoms with Gasteiger partial charge in [-0.1, -0.05) is 13.0 Å². The van der Waals surface area contributed by atoms with Crippen molar-refractivity contribution in [2.45, 2.75) is 26.2 Å². The standard InChI is InChI=1S/C19H32N4OS/c1-3-20-19(21-13-16(2)18-5-4-12-25-18)23-7-6-17(15-23)14-22-8-10-24-11-9-22/h4-5,12,16-17H,3,6-11,13-15H2,1-2H3,(H,20,21). The second kappa shape index (κ2) is 9.55. The minimum absolute atomic E-state index is 0.486. The van der Waals surface area contributed by atoms with Crippen LogP contribution in [0.1, 0.15) is 31.1 Å². The molecule has 5 nitrogen and oxygen atoms in total. The molecule has 140 valence electrons.